The number of hydrogen-bond acceptors (Lipinski definition) is 5. The first-order valence-corrected chi connectivity index (χ1v) is 13.7. The SMILES string of the molecule is CS(=O)(=O)c1ccccc1-c1sc(COCc2ccc3ccccc3c2)nc1-c1ccc(F)cc1. The van der Waals surface area contributed by atoms with Crippen molar-refractivity contribution in [1.29, 1.82) is 0 Å². The van der Waals surface area contributed by atoms with E-state index in [1.54, 1.807) is 36.4 Å². The second-order valence-corrected chi connectivity index (χ2v) is 11.3. The fraction of sp³-hybridized carbons (Fsp3) is 0.107. The summed E-state index contributed by atoms with van der Waals surface area (Å²) in [6.07, 6.45) is 1.19. The molecule has 1 heterocycles. The van der Waals surface area contributed by atoms with E-state index in [4.69, 9.17) is 9.72 Å². The molecule has 0 amide bonds. The second-order valence-electron chi connectivity index (χ2n) is 8.23. The van der Waals surface area contributed by atoms with Crippen molar-refractivity contribution in [2.45, 2.75) is 18.1 Å². The molecule has 0 saturated carbocycles. The molecule has 7 heteroatoms. The molecule has 35 heavy (non-hydrogen) atoms. The fourth-order valence-electron chi connectivity index (χ4n) is 3.97. The number of benzene rings is 4. The monoisotopic (exact) mass is 503 g/mol. The van der Waals surface area contributed by atoms with E-state index >= 15 is 0 Å². The average molecular weight is 504 g/mol. The normalized spacial score (nSPS) is 11.7. The summed E-state index contributed by atoms with van der Waals surface area (Å²) >= 11 is 1.39. The standard InChI is InChI=1S/C28H22FNO3S2/c1-35(31,32)25-9-5-4-8-24(25)28-27(21-12-14-23(29)15-13-21)30-26(34-28)18-33-17-19-10-11-20-6-2-3-7-22(20)16-19/h2-16H,17-18H2,1H3. The molecule has 4 nitrogen and oxygen atoms in total. The van der Waals surface area contributed by atoms with E-state index in [-0.39, 0.29) is 17.3 Å². The van der Waals surface area contributed by atoms with Gasteiger partial charge in [-0.15, -0.1) is 11.3 Å². The third kappa shape index (κ3) is 5.17. The van der Waals surface area contributed by atoms with E-state index in [1.807, 2.05) is 18.2 Å². The average Bonchev–Trinajstić information content (AvgIpc) is 3.28. The van der Waals surface area contributed by atoms with Crippen LogP contribution in [0.3, 0.4) is 0 Å². The number of halogens is 1. The van der Waals surface area contributed by atoms with E-state index in [9.17, 15) is 12.8 Å². The molecule has 0 aliphatic heterocycles. The number of fused-ring (bicyclic) bond motifs is 1. The van der Waals surface area contributed by atoms with E-state index in [0.29, 0.717) is 33.3 Å². The largest absolute Gasteiger partial charge is 0.370 e. The number of ether oxygens (including phenoxy) is 1. The molecule has 5 rings (SSSR count). The summed E-state index contributed by atoms with van der Waals surface area (Å²) in [7, 11) is -3.46. The zero-order valence-electron chi connectivity index (χ0n) is 18.9. The Kier molecular flexibility index (Phi) is 6.47. The maximum atomic E-state index is 13.6. The van der Waals surface area contributed by atoms with Crippen molar-refractivity contribution in [3.63, 3.8) is 0 Å². The first-order chi connectivity index (χ1) is 16.9. The molecule has 0 atom stereocenters. The van der Waals surface area contributed by atoms with Gasteiger partial charge in [-0.25, -0.2) is 17.8 Å². The van der Waals surface area contributed by atoms with Gasteiger partial charge in [0.1, 0.15) is 10.8 Å². The van der Waals surface area contributed by atoms with Crippen molar-refractivity contribution >= 4 is 31.9 Å². The first-order valence-electron chi connectivity index (χ1n) is 11.0. The number of nitrogens with zero attached hydrogens (tertiary/aromatic N) is 1. The maximum absolute atomic E-state index is 13.6. The minimum Gasteiger partial charge on any atom is -0.370 e. The van der Waals surface area contributed by atoms with Crippen LogP contribution in [0.2, 0.25) is 0 Å². The van der Waals surface area contributed by atoms with Crippen LogP contribution < -0.4 is 0 Å². The third-order valence-electron chi connectivity index (χ3n) is 5.63. The Hall–Kier alpha value is -3.39. The highest BCUT2D eigenvalue weighted by Gasteiger charge is 2.21. The zero-order chi connectivity index (χ0) is 24.4. The summed E-state index contributed by atoms with van der Waals surface area (Å²) in [6.45, 7) is 0.693. The minimum atomic E-state index is -3.46. The summed E-state index contributed by atoms with van der Waals surface area (Å²) in [5.74, 6) is -0.346. The van der Waals surface area contributed by atoms with Gasteiger partial charge in [-0.2, -0.15) is 0 Å². The van der Waals surface area contributed by atoms with Crippen LogP contribution in [0.25, 0.3) is 32.5 Å². The molecular weight excluding hydrogens is 481 g/mol. The maximum Gasteiger partial charge on any atom is 0.176 e. The molecule has 0 spiro atoms. The van der Waals surface area contributed by atoms with Crippen LogP contribution >= 0.6 is 11.3 Å². The Morgan fingerprint density at radius 2 is 1.57 bits per heavy atom. The quantitative estimate of drug-likeness (QED) is 0.243. The third-order valence-corrected chi connectivity index (χ3v) is 7.85. The van der Waals surface area contributed by atoms with Gasteiger partial charge >= 0.3 is 0 Å². The van der Waals surface area contributed by atoms with Crippen LogP contribution in [0, 0.1) is 5.82 Å². The molecule has 0 bridgehead atoms. The van der Waals surface area contributed by atoms with Gasteiger partial charge in [0.15, 0.2) is 9.84 Å². The molecular formula is C28H22FNO3S2. The molecule has 0 aliphatic rings. The first kappa shape index (κ1) is 23.4. The van der Waals surface area contributed by atoms with Crippen LogP contribution in [0.1, 0.15) is 10.6 Å². The predicted molar refractivity (Wildman–Crippen MR) is 138 cm³/mol. The van der Waals surface area contributed by atoms with Gasteiger partial charge in [0.2, 0.25) is 0 Å². The van der Waals surface area contributed by atoms with Gasteiger partial charge in [-0.1, -0.05) is 54.6 Å². The van der Waals surface area contributed by atoms with Crippen LogP contribution in [0.5, 0.6) is 0 Å². The van der Waals surface area contributed by atoms with Crippen LogP contribution in [-0.4, -0.2) is 19.7 Å². The number of aromatic nitrogens is 1. The molecule has 0 saturated heterocycles. The Morgan fingerprint density at radius 3 is 2.34 bits per heavy atom. The van der Waals surface area contributed by atoms with Crippen molar-refractivity contribution < 1.29 is 17.5 Å². The molecule has 4 aromatic carbocycles. The number of rotatable bonds is 7. The van der Waals surface area contributed by atoms with Gasteiger partial charge < -0.3 is 4.74 Å². The molecule has 5 aromatic rings. The fourth-order valence-corrected chi connectivity index (χ4v) is 6.00. The zero-order valence-corrected chi connectivity index (χ0v) is 20.6. The molecule has 1 aromatic heterocycles. The lowest BCUT2D eigenvalue weighted by atomic mass is 10.1. The number of thiazole rings is 1. The lowest BCUT2D eigenvalue weighted by molar-refractivity contribution is 0.107. The summed E-state index contributed by atoms with van der Waals surface area (Å²) in [5.41, 5.74) is 2.95. The van der Waals surface area contributed by atoms with E-state index in [0.717, 1.165) is 10.9 Å². The Morgan fingerprint density at radius 1 is 0.857 bits per heavy atom. The van der Waals surface area contributed by atoms with E-state index in [2.05, 4.69) is 24.3 Å². The highest BCUT2D eigenvalue weighted by Crippen LogP contribution is 2.40. The molecule has 0 aliphatic carbocycles. The lowest BCUT2D eigenvalue weighted by Gasteiger charge is -2.08. The highest BCUT2D eigenvalue weighted by atomic mass is 32.2. The molecule has 0 N–H and O–H groups in total. The minimum absolute atomic E-state index is 0.232. The Bertz CT molecular complexity index is 1610. The highest BCUT2D eigenvalue weighted by molar-refractivity contribution is 7.90. The van der Waals surface area contributed by atoms with Crippen molar-refractivity contribution in [2.75, 3.05) is 6.26 Å². The van der Waals surface area contributed by atoms with Gasteiger partial charge in [-0.05, 0) is 52.7 Å². The lowest BCUT2D eigenvalue weighted by Crippen LogP contribution is -1.99. The topological polar surface area (TPSA) is 56.3 Å². The molecule has 0 fully saturated rings. The summed E-state index contributed by atoms with van der Waals surface area (Å²) < 4.78 is 44.5. The summed E-state index contributed by atoms with van der Waals surface area (Å²) in [4.78, 5) is 5.71. The van der Waals surface area contributed by atoms with Crippen LogP contribution in [0.4, 0.5) is 4.39 Å². The number of sulfone groups is 1. The Labute approximate surface area is 207 Å². The second kappa shape index (κ2) is 9.70. The Balaban J connectivity index is 1.46. The van der Waals surface area contributed by atoms with Gasteiger partial charge in [-0.3, -0.25) is 0 Å². The van der Waals surface area contributed by atoms with Crippen LogP contribution in [0.15, 0.2) is 95.9 Å². The molecule has 0 radical (unpaired) electrons. The van der Waals surface area contributed by atoms with Gasteiger partial charge in [0, 0.05) is 17.4 Å². The van der Waals surface area contributed by atoms with Crippen molar-refractivity contribution in [3.05, 3.63) is 107 Å². The van der Waals surface area contributed by atoms with Crippen molar-refractivity contribution in [2.24, 2.45) is 0 Å². The van der Waals surface area contributed by atoms with Crippen LogP contribution in [-0.2, 0) is 27.8 Å². The number of hydrogen-bond donors (Lipinski definition) is 0. The van der Waals surface area contributed by atoms with Gasteiger partial charge in [0.25, 0.3) is 0 Å². The summed E-state index contributed by atoms with van der Waals surface area (Å²) in [6, 6.07) is 27.3. The molecule has 0 unspecified atom stereocenters. The molecule has 176 valence electrons. The predicted octanol–water partition coefficient (Wildman–Crippen LogP) is 6.89. The smallest absolute Gasteiger partial charge is 0.176 e. The van der Waals surface area contributed by atoms with E-state index < -0.39 is 9.84 Å². The van der Waals surface area contributed by atoms with E-state index in [1.165, 1.54) is 35.1 Å². The van der Waals surface area contributed by atoms with Gasteiger partial charge in [0.05, 0.1) is 28.7 Å². The summed E-state index contributed by atoms with van der Waals surface area (Å²) in [5, 5.41) is 3.04. The van der Waals surface area contributed by atoms with Crippen molar-refractivity contribution in [3.8, 4) is 21.7 Å². The van der Waals surface area contributed by atoms with Crippen molar-refractivity contribution in [1.82, 2.24) is 4.98 Å².